The van der Waals surface area contributed by atoms with Crippen molar-refractivity contribution in [1.29, 1.82) is 0 Å². The Bertz CT molecular complexity index is 458. The molecule has 0 aromatic heterocycles. The zero-order valence-electron chi connectivity index (χ0n) is 9.22. The predicted octanol–water partition coefficient (Wildman–Crippen LogP) is 1.50. The summed E-state index contributed by atoms with van der Waals surface area (Å²) in [5.41, 5.74) is 4.12. The third-order valence-electron chi connectivity index (χ3n) is 2.43. The first-order valence-corrected chi connectivity index (χ1v) is 6.16. The van der Waals surface area contributed by atoms with Gasteiger partial charge in [0, 0.05) is 23.0 Å². The van der Waals surface area contributed by atoms with Gasteiger partial charge in [-0.1, -0.05) is 15.9 Å². The minimum absolute atomic E-state index is 0.179. The van der Waals surface area contributed by atoms with Crippen LogP contribution in [-0.4, -0.2) is 26.6 Å². The first-order chi connectivity index (χ1) is 8.38. The van der Waals surface area contributed by atoms with Crippen LogP contribution in [0.3, 0.4) is 0 Å². The highest BCUT2D eigenvalue weighted by molar-refractivity contribution is 9.09. The number of anilines is 1. The Labute approximate surface area is 111 Å². The largest absolute Gasteiger partial charge is 0.393 e. The van der Waals surface area contributed by atoms with E-state index in [1.54, 1.807) is 0 Å². The number of rotatable bonds is 5. The zero-order chi connectivity index (χ0) is 13.9. The number of aliphatic hydroxyl groups is 2. The van der Waals surface area contributed by atoms with Crippen molar-refractivity contribution in [3.63, 3.8) is 0 Å². The molecule has 0 saturated carbocycles. The van der Waals surface area contributed by atoms with Crippen molar-refractivity contribution in [2.24, 2.45) is 0 Å². The number of hydrogen-bond acceptors (Lipinski definition) is 5. The van der Waals surface area contributed by atoms with Crippen LogP contribution in [0.25, 0.3) is 0 Å². The minimum atomic E-state index is -1.54. The summed E-state index contributed by atoms with van der Waals surface area (Å²) in [6, 6.07) is 1.60. The molecular weight excluding hydrogens is 311 g/mol. The van der Waals surface area contributed by atoms with Crippen molar-refractivity contribution < 1.29 is 19.5 Å². The fourth-order valence-electron chi connectivity index (χ4n) is 1.46. The zero-order valence-corrected chi connectivity index (χ0v) is 10.8. The van der Waals surface area contributed by atoms with Crippen molar-refractivity contribution >= 4 is 27.3 Å². The quantitative estimate of drug-likeness (QED) is 0.329. The van der Waals surface area contributed by atoms with Crippen LogP contribution in [-0.2, 0) is 0 Å². The van der Waals surface area contributed by atoms with E-state index in [1.165, 1.54) is 0 Å². The Morgan fingerprint density at radius 3 is 2.61 bits per heavy atom. The van der Waals surface area contributed by atoms with E-state index in [-0.39, 0.29) is 17.7 Å². The molecule has 8 heteroatoms. The summed E-state index contributed by atoms with van der Waals surface area (Å²) in [6.45, 7) is 0. The van der Waals surface area contributed by atoms with Gasteiger partial charge in [-0.3, -0.25) is 10.1 Å². The summed E-state index contributed by atoms with van der Waals surface area (Å²) in [4.78, 5) is 9.88. The monoisotopic (exact) mass is 322 g/mol. The highest BCUT2D eigenvalue weighted by Gasteiger charge is 2.25. The summed E-state index contributed by atoms with van der Waals surface area (Å²) < 4.78 is 13.6. The molecule has 2 atom stereocenters. The number of nitro groups is 1. The number of halogens is 2. The molecule has 0 amide bonds. The minimum Gasteiger partial charge on any atom is -0.393 e. The lowest BCUT2D eigenvalue weighted by Crippen LogP contribution is -2.20. The van der Waals surface area contributed by atoms with E-state index in [2.05, 4.69) is 15.9 Å². The maximum Gasteiger partial charge on any atom is 0.292 e. The van der Waals surface area contributed by atoms with Crippen LogP contribution in [0.1, 0.15) is 18.1 Å². The lowest BCUT2D eigenvalue weighted by Gasteiger charge is -2.18. The number of aliphatic hydroxyl groups excluding tert-OH is 2. The Morgan fingerprint density at radius 2 is 2.11 bits per heavy atom. The SMILES string of the molecule is Nc1cc(F)c(C(O)C(O)CCBr)cc1[N+](=O)[O-]. The van der Waals surface area contributed by atoms with Gasteiger partial charge in [-0.25, -0.2) is 4.39 Å². The predicted molar refractivity (Wildman–Crippen MR) is 66.8 cm³/mol. The molecular formula is C10H12BrFN2O4. The summed E-state index contributed by atoms with van der Waals surface area (Å²) in [7, 11) is 0. The van der Waals surface area contributed by atoms with Gasteiger partial charge in [0.25, 0.3) is 5.69 Å². The Kier molecular flexibility index (Phi) is 5.00. The first kappa shape index (κ1) is 14.8. The highest BCUT2D eigenvalue weighted by Crippen LogP contribution is 2.30. The fourth-order valence-corrected chi connectivity index (χ4v) is 1.92. The van der Waals surface area contributed by atoms with Gasteiger partial charge in [-0.2, -0.15) is 0 Å². The maximum atomic E-state index is 13.6. The Balaban J connectivity index is 3.15. The molecule has 1 aromatic carbocycles. The third kappa shape index (κ3) is 3.15. The average molecular weight is 323 g/mol. The summed E-state index contributed by atoms with van der Waals surface area (Å²) >= 11 is 3.07. The van der Waals surface area contributed by atoms with Crippen LogP contribution in [0.2, 0.25) is 0 Å². The number of hydrogen-bond donors (Lipinski definition) is 3. The maximum absolute atomic E-state index is 13.6. The van der Waals surface area contributed by atoms with E-state index < -0.39 is 28.6 Å². The van der Waals surface area contributed by atoms with E-state index in [1.807, 2.05) is 0 Å². The van der Waals surface area contributed by atoms with Crippen LogP contribution in [0, 0.1) is 15.9 Å². The van der Waals surface area contributed by atoms with E-state index in [4.69, 9.17) is 5.73 Å². The van der Waals surface area contributed by atoms with Crippen molar-refractivity contribution in [1.82, 2.24) is 0 Å². The summed E-state index contributed by atoms with van der Waals surface area (Å²) in [5.74, 6) is -0.890. The van der Waals surface area contributed by atoms with Crippen LogP contribution in [0.5, 0.6) is 0 Å². The molecule has 2 unspecified atom stereocenters. The molecule has 100 valence electrons. The van der Waals surface area contributed by atoms with Gasteiger partial charge in [0.15, 0.2) is 0 Å². The standard InChI is InChI=1S/C10H12BrFN2O4/c11-2-1-9(15)10(16)5-3-8(14(17)18)7(13)4-6(5)12/h3-4,9-10,15-16H,1-2,13H2. The third-order valence-corrected chi connectivity index (χ3v) is 2.89. The van der Waals surface area contributed by atoms with Gasteiger partial charge >= 0.3 is 0 Å². The normalized spacial score (nSPS) is 14.2. The molecule has 1 rings (SSSR count). The van der Waals surface area contributed by atoms with Crippen LogP contribution in [0.15, 0.2) is 12.1 Å². The van der Waals surface area contributed by atoms with Gasteiger partial charge in [0.2, 0.25) is 0 Å². The molecule has 0 aliphatic rings. The Hall–Kier alpha value is -1.25. The number of nitro benzene ring substituents is 1. The second kappa shape index (κ2) is 6.07. The average Bonchev–Trinajstić information content (AvgIpc) is 2.28. The lowest BCUT2D eigenvalue weighted by molar-refractivity contribution is -0.384. The van der Waals surface area contributed by atoms with Gasteiger partial charge in [-0.05, 0) is 6.42 Å². The van der Waals surface area contributed by atoms with Gasteiger partial charge in [-0.15, -0.1) is 0 Å². The molecule has 0 aliphatic carbocycles. The van der Waals surface area contributed by atoms with Crippen molar-refractivity contribution in [3.05, 3.63) is 33.6 Å². The molecule has 6 nitrogen and oxygen atoms in total. The molecule has 0 saturated heterocycles. The smallest absolute Gasteiger partial charge is 0.292 e. The van der Waals surface area contributed by atoms with Gasteiger partial charge in [0.1, 0.15) is 17.6 Å². The van der Waals surface area contributed by atoms with Crippen molar-refractivity contribution in [2.45, 2.75) is 18.6 Å². The van der Waals surface area contributed by atoms with Crippen LogP contribution >= 0.6 is 15.9 Å². The summed E-state index contributed by atoms with van der Waals surface area (Å²) in [5, 5.41) is 30.3. The molecule has 0 aliphatic heterocycles. The molecule has 0 fully saturated rings. The fraction of sp³-hybridized carbons (Fsp3) is 0.400. The highest BCUT2D eigenvalue weighted by atomic mass is 79.9. The summed E-state index contributed by atoms with van der Waals surface area (Å²) in [6.07, 6.45) is -2.58. The molecule has 18 heavy (non-hydrogen) atoms. The van der Waals surface area contributed by atoms with Crippen LogP contribution in [0.4, 0.5) is 15.8 Å². The van der Waals surface area contributed by atoms with E-state index >= 15 is 0 Å². The van der Waals surface area contributed by atoms with Crippen molar-refractivity contribution in [3.8, 4) is 0 Å². The number of nitrogens with zero attached hydrogens (tertiary/aromatic N) is 1. The molecule has 4 N–H and O–H groups in total. The van der Waals surface area contributed by atoms with Crippen molar-refractivity contribution in [2.75, 3.05) is 11.1 Å². The van der Waals surface area contributed by atoms with Gasteiger partial charge < -0.3 is 15.9 Å². The second-order valence-corrected chi connectivity index (χ2v) is 4.47. The van der Waals surface area contributed by atoms with Gasteiger partial charge in [0.05, 0.1) is 11.0 Å². The topological polar surface area (TPSA) is 110 Å². The molecule has 0 bridgehead atoms. The number of benzene rings is 1. The second-order valence-electron chi connectivity index (χ2n) is 3.68. The van der Waals surface area contributed by atoms with E-state index in [0.29, 0.717) is 5.33 Å². The van der Waals surface area contributed by atoms with E-state index in [0.717, 1.165) is 12.1 Å². The van der Waals surface area contributed by atoms with Crippen LogP contribution < -0.4 is 5.73 Å². The Morgan fingerprint density at radius 1 is 1.50 bits per heavy atom. The molecule has 0 radical (unpaired) electrons. The number of alkyl halides is 1. The molecule has 0 heterocycles. The lowest BCUT2D eigenvalue weighted by atomic mass is 10.0. The number of nitrogen functional groups attached to an aromatic ring is 1. The molecule has 0 spiro atoms. The number of nitrogens with two attached hydrogens (primary N) is 1. The molecule has 1 aromatic rings. The first-order valence-electron chi connectivity index (χ1n) is 5.04. The van der Waals surface area contributed by atoms with E-state index in [9.17, 15) is 24.7 Å².